The molecule has 1 rings (SSSR count). The van der Waals surface area contributed by atoms with E-state index in [4.69, 9.17) is 0 Å². The summed E-state index contributed by atoms with van der Waals surface area (Å²) in [5, 5.41) is 0. The first kappa shape index (κ1) is 10.3. The van der Waals surface area contributed by atoms with Crippen LogP contribution in [0.5, 0.6) is 0 Å². The lowest BCUT2D eigenvalue weighted by Gasteiger charge is -1.92. The molecule has 0 aromatic heterocycles. The first-order chi connectivity index (χ1) is 6.50. The highest BCUT2D eigenvalue weighted by Gasteiger charge is 1.85. The van der Waals surface area contributed by atoms with Crippen LogP contribution in [0.2, 0.25) is 0 Å². The molecule has 13 heavy (non-hydrogen) atoms. The zero-order valence-electron chi connectivity index (χ0n) is 8.41. The summed E-state index contributed by atoms with van der Waals surface area (Å²) < 4.78 is 0. The Kier molecular flexibility index (Phi) is 6.22. The molecule has 72 valence electrons. The lowest BCUT2D eigenvalue weighted by atomic mass is 10.1. The van der Waals surface area contributed by atoms with Gasteiger partial charge < -0.3 is 0 Å². The van der Waals surface area contributed by atoms with Crippen LogP contribution < -0.4 is 0 Å². The van der Waals surface area contributed by atoms with Crippen LogP contribution in [0.15, 0.2) is 36.5 Å². The van der Waals surface area contributed by atoms with Gasteiger partial charge in [0.25, 0.3) is 0 Å². The molecule has 1 aliphatic rings. The molecular weight excluding hydrogens is 156 g/mol. The van der Waals surface area contributed by atoms with Crippen LogP contribution >= 0.6 is 0 Å². The van der Waals surface area contributed by atoms with Crippen molar-refractivity contribution < 1.29 is 0 Å². The van der Waals surface area contributed by atoms with Crippen molar-refractivity contribution in [3.63, 3.8) is 0 Å². The van der Waals surface area contributed by atoms with E-state index < -0.39 is 0 Å². The van der Waals surface area contributed by atoms with Gasteiger partial charge in [0.05, 0.1) is 0 Å². The first-order valence-corrected chi connectivity index (χ1v) is 5.47. The third kappa shape index (κ3) is 6.39. The van der Waals surface area contributed by atoms with Crippen molar-refractivity contribution in [1.29, 1.82) is 0 Å². The highest BCUT2D eigenvalue weighted by molar-refractivity contribution is 5.02. The van der Waals surface area contributed by atoms with Crippen LogP contribution in [0.25, 0.3) is 0 Å². The molecule has 0 saturated heterocycles. The standard InChI is InChI=1S/C13H20/c1-2-4-6-8-10-12-13-11-9-7-5-3-1/h1-4,11,13H,5-10,12H2/b3-1?,4-2+,13-11?. The molecule has 0 bridgehead atoms. The maximum Gasteiger partial charge on any atom is -0.0345 e. The Labute approximate surface area is 82.0 Å². The maximum atomic E-state index is 2.34. The van der Waals surface area contributed by atoms with Gasteiger partial charge in [-0.1, -0.05) is 36.5 Å². The van der Waals surface area contributed by atoms with Crippen LogP contribution in [-0.2, 0) is 0 Å². The summed E-state index contributed by atoms with van der Waals surface area (Å²) in [7, 11) is 0. The Bertz CT molecular complexity index is 184. The van der Waals surface area contributed by atoms with Gasteiger partial charge in [-0.25, -0.2) is 0 Å². The second-order valence-corrected chi connectivity index (χ2v) is 3.54. The van der Waals surface area contributed by atoms with Gasteiger partial charge >= 0.3 is 0 Å². The minimum absolute atomic E-state index is 1.22. The van der Waals surface area contributed by atoms with Crippen LogP contribution in [0, 0.1) is 0 Å². The summed E-state index contributed by atoms with van der Waals surface area (Å²) >= 11 is 0. The van der Waals surface area contributed by atoms with E-state index in [1.54, 1.807) is 0 Å². The molecule has 1 aliphatic carbocycles. The van der Waals surface area contributed by atoms with Crippen molar-refractivity contribution in [2.45, 2.75) is 44.9 Å². The van der Waals surface area contributed by atoms with Gasteiger partial charge in [-0.15, -0.1) is 0 Å². The topological polar surface area (TPSA) is 0 Å². The Balaban J connectivity index is 2.28. The fourth-order valence-corrected chi connectivity index (χ4v) is 1.46. The molecule has 0 heterocycles. The number of hydrogen-bond acceptors (Lipinski definition) is 0. The second kappa shape index (κ2) is 7.85. The predicted octanol–water partition coefficient (Wildman–Crippen LogP) is 4.40. The Morgan fingerprint density at radius 3 is 1.62 bits per heavy atom. The fourth-order valence-electron chi connectivity index (χ4n) is 1.46. The van der Waals surface area contributed by atoms with E-state index in [1.807, 2.05) is 0 Å². The molecule has 0 aliphatic heterocycles. The first-order valence-electron chi connectivity index (χ1n) is 5.47. The lowest BCUT2D eigenvalue weighted by Crippen LogP contribution is -1.72. The van der Waals surface area contributed by atoms with E-state index in [2.05, 4.69) is 36.5 Å². The molecule has 0 N–H and O–H groups in total. The summed E-state index contributed by atoms with van der Waals surface area (Å²) in [5.41, 5.74) is 0. The maximum absolute atomic E-state index is 2.34. The van der Waals surface area contributed by atoms with E-state index in [9.17, 15) is 0 Å². The minimum Gasteiger partial charge on any atom is -0.0885 e. The van der Waals surface area contributed by atoms with Gasteiger partial charge in [-0.2, -0.15) is 0 Å². The molecule has 0 nitrogen and oxygen atoms in total. The van der Waals surface area contributed by atoms with Crippen LogP contribution in [-0.4, -0.2) is 0 Å². The van der Waals surface area contributed by atoms with Gasteiger partial charge in [0.2, 0.25) is 0 Å². The quantitative estimate of drug-likeness (QED) is 0.480. The average molecular weight is 176 g/mol. The summed E-state index contributed by atoms with van der Waals surface area (Å²) in [6, 6.07) is 0. The van der Waals surface area contributed by atoms with Crippen LogP contribution in [0.4, 0.5) is 0 Å². The van der Waals surface area contributed by atoms with Crippen molar-refractivity contribution in [2.75, 3.05) is 0 Å². The summed E-state index contributed by atoms with van der Waals surface area (Å²) in [5.74, 6) is 0. The van der Waals surface area contributed by atoms with Crippen LogP contribution in [0.3, 0.4) is 0 Å². The normalized spacial score (nSPS) is 22.8. The van der Waals surface area contributed by atoms with E-state index in [1.165, 1.54) is 44.9 Å². The van der Waals surface area contributed by atoms with Crippen molar-refractivity contribution >= 4 is 0 Å². The lowest BCUT2D eigenvalue weighted by molar-refractivity contribution is 0.759. The third-order valence-corrected chi connectivity index (χ3v) is 2.28. The second-order valence-electron chi connectivity index (χ2n) is 3.54. The summed E-state index contributed by atoms with van der Waals surface area (Å²) in [4.78, 5) is 0. The monoisotopic (exact) mass is 176 g/mol. The largest absolute Gasteiger partial charge is 0.0885 e. The molecule has 0 amide bonds. The molecule has 0 radical (unpaired) electrons. The van der Waals surface area contributed by atoms with Crippen LogP contribution in [0.1, 0.15) is 44.9 Å². The molecule has 0 atom stereocenters. The van der Waals surface area contributed by atoms with Crippen molar-refractivity contribution in [2.24, 2.45) is 0 Å². The van der Waals surface area contributed by atoms with Gasteiger partial charge in [0.1, 0.15) is 0 Å². The van der Waals surface area contributed by atoms with E-state index >= 15 is 0 Å². The average Bonchev–Trinajstić information content (AvgIpc) is 2.18. The molecule has 0 aromatic carbocycles. The highest BCUT2D eigenvalue weighted by atomic mass is 13.9. The number of hydrogen-bond donors (Lipinski definition) is 0. The number of allylic oxidation sites excluding steroid dienone is 6. The molecule has 0 unspecified atom stereocenters. The minimum atomic E-state index is 1.22. The molecular formula is C13H20. The fraction of sp³-hybridized carbons (Fsp3) is 0.538. The Morgan fingerprint density at radius 2 is 0.923 bits per heavy atom. The Hall–Kier alpha value is -0.780. The molecule has 0 saturated carbocycles. The molecule has 0 aromatic rings. The van der Waals surface area contributed by atoms with Gasteiger partial charge in [0, 0.05) is 0 Å². The van der Waals surface area contributed by atoms with Gasteiger partial charge in [-0.05, 0) is 44.9 Å². The predicted molar refractivity (Wildman–Crippen MR) is 59.7 cm³/mol. The highest BCUT2D eigenvalue weighted by Crippen LogP contribution is 2.05. The third-order valence-electron chi connectivity index (χ3n) is 2.28. The zero-order valence-corrected chi connectivity index (χ0v) is 8.41. The van der Waals surface area contributed by atoms with E-state index in [0.29, 0.717) is 0 Å². The smallest absolute Gasteiger partial charge is 0.0345 e. The van der Waals surface area contributed by atoms with Gasteiger partial charge in [-0.3, -0.25) is 0 Å². The molecule has 0 heteroatoms. The summed E-state index contributed by atoms with van der Waals surface area (Å²) in [6.45, 7) is 0. The van der Waals surface area contributed by atoms with Crippen molar-refractivity contribution in [1.82, 2.24) is 0 Å². The molecule has 0 spiro atoms. The van der Waals surface area contributed by atoms with Crippen molar-refractivity contribution in [3.05, 3.63) is 36.5 Å². The summed E-state index contributed by atoms with van der Waals surface area (Å²) in [6.07, 6.45) is 22.5. The SMILES string of the molecule is C1=CCCCC=CCCCC/C=C/1. The Morgan fingerprint density at radius 1 is 0.462 bits per heavy atom. The van der Waals surface area contributed by atoms with E-state index in [0.717, 1.165) is 0 Å². The van der Waals surface area contributed by atoms with Gasteiger partial charge in [0.15, 0.2) is 0 Å². The zero-order chi connectivity index (χ0) is 9.19. The van der Waals surface area contributed by atoms with Crippen molar-refractivity contribution in [3.8, 4) is 0 Å². The van der Waals surface area contributed by atoms with E-state index in [-0.39, 0.29) is 0 Å². The molecule has 0 fully saturated rings. The number of rotatable bonds is 0.